The third-order valence-electron chi connectivity index (χ3n) is 7.82. The number of piperidine rings is 1. The number of benzene rings is 1. The van der Waals surface area contributed by atoms with Crippen LogP contribution in [-0.4, -0.2) is 43.8 Å². The van der Waals surface area contributed by atoms with Gasteiger partial charge < -0.3 is 9.47 Å². The summed E-state index contributed by atoms with van der Waals surface area (Å²) in [7, 11) is 3.35. The average molecular weight is 352 g/mol. The van der Waals surface area contributed by atoms with Crippen molar-refractivity contribution in [3.63, 3.8) is 0 Å². The van der Waals surface area contributed by atoms with Gasteiger partial charge in [0.15, 0.2) is 11.5 Å². The molecule has 0 radical (unpaired) electrons. The summed E-state index contributed by atoms with van der Waals surface area (Å²) in [4.78, 5) is 18.1. The van der Waals surface area contributed by atoms with E-state index < -0.39 is 0 Å². The van der Waals surface area contributed by atoms with E-state index in [9.17, 15) is 4.79 Å². The normalized spacial score (nSPS) is 39.0. The van der Waals surface area contributed by atoms with Gasteiger partial charge in [0.25, 0.3) is 0 Å². The molecule has 3 fully saturated rings. The number of methoxy groups -OCH3 is 2. The lowest BCUT2D eigenvalue weighted by Crippen LogP contribution is -2.72. The van der Waals surface area contributed by atoms with Gasteiger partial charge in [0.1, 0.15) is 5.66 Å². The monoisotopic (exact) mass is 352 g/mol. The van der Waals surface area contributed by atoms with Gasteiger partial charge in [-0.2, -0.15) is 0 Å². The molecule has 2 saturated heterocycles. The number of hydrogen-bond acceptors (Lipinski definition) is 4. The van der Waals surface area contributed by atoms with Crippen LogP contribution in [0.15, 0.2) is 24.3 Å². The fraction of sp³-hybridized carbons (Fsp3) is 0.571. The molecule has 5 aliphatic rings. The first kappa shape index (κ1) is 15.1. The molecule has 1 aliphatic carbocycles. The summed E-state index contributed by atoms with van der Waals surface area (Å²) in [5.41, 5.74) is 2.15. The standard InChI is InChI=1S/C21H24N2O3/c1-25-17-10-14-13-5-9-22-8-3-6-20-7-4-15(13)21(20,22)23(19(24)12-20)16(14)11-18(17)26-2/h3,6,10-11,13,15H,4-5,7-9,12H2,1-2H3/t13-,15+,20-,21+/m0/s1. The Bertz CT molecular complexity index is 865. The molecule has 0 aromatic heterocycles. The summed E-state index contributed by atoms with van der Waals surface area (Å²) in [5.74, 6) is 2.75. The van der Waals surface area contributed by atoms with Gasteiger partial charge >= 0.3 is 0 Å². The third-order valence-corrected chi connectivity index (χ3v) is 7.82. The summed E-state index contributed by atoms with van der Waals surface area (Å²) < 4.78 is 11.2. The predicted octanol–water partition coefficient (Wildman–Crippen LogP) is 2.91. The minimum Gasteiger partial charge on any atom is -0.493 e. The van der Waals surface area contributed by atoms with E-state index in [0.717, 1.165) is 37.4 Å². The first-order chi connectivity index (χ1) is 12.7. The molecule has 1 aromatic carbocycles. The molecule has 5 nitrogen and oxygen atoms in total. The Morgan fingerprint density at radius 2 is 1.96 bits per heavy atom. The van der Waals surface area contributed by atoms with E-state index >= 15 is 0 Å². The van der Waals surface area contributed by atoms with E-state index in [1.807, 2.05) is 6.07 Å². The molecule has 4 heterocycles. The van der Waals surface area contributed by atoms with Crippen molar-refractivity contribution >= 4 is 11.6 Å². The van der Waals surface area contributed by atoms with Crippen molar-refractivity contribution in [2.75, 3.05) is 32.2 Å². The maximum absolute atomic E-state index is 13.3. The van der Waals surface area contributed by atoms with Crippen LogP contribution < -0.4 is 14.4 Å². The van der Waals surface area contributed by atoms with Crippen LogP contribution in [0.4, 0.5) is 5.69 Å². The van der Waals surface area contributed by atoms with Crippen molar-refractivity contribution in [1.82, 2.24) is 4.90 Å². The highest BCUT2D eigenvalue weighted by molar-refractivity contribution is 6.01. The van der Waals surface area contributed by atoms with Crippen molar-refractivity contribution in [2.24, 2.45) is 11.3 Å². The van der Waals surface area contributed by atoms with Crippen LogP contribution in [0.1, 0.15) is 37.2 Å². The lowest BCUT2D eigenvalue weighted by Gasteiger charge is -2.63. The summed E-state index contributed by atoms with van der Waals surface area (Å²) in [6, 6.07) is 4.17. The van der Waals surface area contributed by atoms with Gasteiger partial charge in [-0.25, -0.2) is 0 Å². The number of carbonyl (C=O) groups is 1. The van der Waals surface area contributed by atoms with Crippen LogP contribution in [0.2, 0.25) is 0 Å². The number of fused-ring (bicyclic) bond motifs is 3. The van der Waals surface area contributed by atoms with Gasteiger partial charge in [0, 0.05) is 36.9 Å². The third kappa shape index (κ3) is 1.37. The van der Waals surface area contributed by atoms with Crippen LogP contribution in [-0.2, 0) is 4.79 Å². The van der Waals surface area contributed by atoms with Gasteiger partial charge in [-0.05, 0) is 36.8 Å². The number of carbonyl (C=O) groups excluding carboxylic acids is 1. The number of anilines is 1. The van der Waals surface area contributed by atoms with Crippen LogP contribution in [0, 0.1) is 11.3 Å². The van der Waals surface area contributed by atoms with E-state index in [1.54, 1.807) is 14.2 Å². The molecule has 26 heavy (non-hydrogen) atoms. The molecule has 0 unspecified atom stereocenters. The van der Waals surface area contributed by atoms with Crippen molar-refractivity contribution in [3.05, 3.63) is 29.8 Å². The van der Waals surface area contributed by atoms with Gasteiger partial charge in [-0.15, -0.1) is 0 Å². The Balaban J connectivity index is 1.67. The van der Waals surface area contributed by atoms with Gasteiger partial charge in [-0.3, -0.25) is 14.6 Å². The maximum Gasteiger partial charge on any atom is 0.229 e. The van der Waals surface area contributed by atoms with E-state index in [-0.39, 0.29) is 17.0 Å². The van der Waals surface area contributed by atoms with Crippen LogP contribution in [0.3, 0.4) is 0 Å². The molecule has 1 spiro atoms. The Morgan fingerprint density at radius 3 is 2.77 bits per heavy atom. The minimum absolute atomic E-state index is 0.0173. The summed E-state index contributed by atoms with van der Waals surface area (Å²) in [5, 5.41) is 0. The van der Waals surface area contributed by atoms with E-state index in [1.165, 1.54) is 12.0 Å². The molecule has 1 amide bonds. The van der Waals surface area contributed by atoms with Crippen LogP contribution >= 0.6 is 0 Å². The number of nitrogens with zero attached hydrogens (tertiary/aromatic N) is 2. The molecule has 136 valence electrons. The fourth-order valence-electron chi connectivity index (χ4n) is 7.12. The van der Waals surface area contributed by atoms with E-state index in [0.29, 0.717) is 24.0 Å². The SMILES string of the molecule is COc1cc2c(cc1OC)N1C(=O)C[C@]34C=CCN5CC[C@@H]2[C@@H](CC3)[C@@]514. The molecule has 2 bridgehead atoms. The molecule has 6 rings (SSSR count). The van der Waals surface area contributed by atoms with Crippen molar-refractivity contribution in [2.45, 2.75) is 37.3 Å². The number of ether oxygens (including phenoxy) is 2. The Morgan fingerprint density at radius 1 is 1.15 bits per heavy atom. The van der Waals surface area contributed by atoms with E-state index in [4.69, 9.17) is 9.47 Å². The Kier molecular flexibility index (Phi) is 2.69. The quantitative estimate of drug-likeness (QED) is 0.768. The van der Waals surface area contributed by atoms with Crippen LogP contribution in [0.5, 0.6) is 11.5 Å². The Hall–Kier alpha value is -2.01. The second kappa shape index (κ2) is 4.63. The fourth-order valence-corrected chi connectivity index (χ4v) is 7.12. The van der Waals surface area contributed by atoms with Gasteiger partial charge in [0.2, 0.25) is 5.91 Å². The minimum atomic E-state index is -0.158. The highest BCUT2D eigenvalue weighted by Gasteiger charge is 2.75. The highest BCUT2D eigenvalue weighted by atomic mass is 16.5. The lowest BCUT2D eigenvalue weighted by molar-refractivity contribution is -0.119. The summed E-state index contributed by atoms with van der Waals surface area (Å²) in [6.07, 6.45) is 8.79. The van der Waals surface area contributed by atoms with Crippen molar-refractivity contribution < 1.29 is 14.3 Å². The topological polar surface area (TPSA) is 42.0 Å². The predicted molar refractivity (Wildman–Crippen MR) is 97.6 cm³/mol. The smallest absolute Gasteiger partial charge is 0.229 e. The molecule has 1 aromatic rings. The zero-order valence-electron chi connectivity index (χ0n) is 15.3. The molecule has 4 aliphatic heterocycles. The van der Waals surface area contributed by atoms with Gasteiger partial charge in [-0.1, -0.05) is 12.2 Å². The largest absolute Gasteiger partial charge is 0.493 e. The van der Waals surface area contributed by atoms with Gasteiger partial charge in [0.05, 0.1) is 19.9 Å². The Labute approximate surface area is 153 Å². The number of rotatable bonds is 2. The zero-order chi connectivity index (χ0) is 17.7. The lowest BCUT2D eigenvalue weighted by atomic mass is 9.63. The average Bonchev–Trinajstić information content (AvgIpc) is 3.12. The second-order valence-electron chi connectivity index (χ2n) is 8.44. The van der Waals surface area contributed by atoms with E-state index in [2.05, 4.69) is 28.0 Å². The number of amides is 1. The summed E-state index contributed by atoms with van der Waals surface area (Å²) >= 11 is 0. The molecule has 0 N–H and O–H groups in total. The van der Waals surface area contributed by atoms with Crippen molar-refractivity contribution in [3.8, 4) is 11.5 Å². The zero-order valence-corrected chi connectivity index (χ0v) is 15.3. The molecule has 5 heteroatoms. The number of hydrogen-bond donors (Lipinski definition) is 0. The van der Waals surface area contributed by atoms with Crippen LogP contribution in [0.25, 0.3) is 0 Å². The molecule has 1 saturated carbocycles. The molecular weight excluding hydrogens is 328 g/mol. The first-order valence-corrected chi connectivity index (χ1v) is 9.68. The summed E-state index contributed by atoms with van der Waals surface area (Å²) in [6.45, 7) is 2.02. The maximum atomic E-state index is 13.3. The highest BCUT2D eigenvalue weighted by Crippen LogP contribution is 2.71. The molecular formula is C21H24N2O3. The molecule has 4 atom stereocenters. The first-order valence-electron chi connectivity index (χ1n) is 9.68. The van der Waals surface area contributed by atoms with Crippen molar-refractivity contribution in [1.29, 1.82) is 0 Å². The second-order valence-corrected chi connectivity index (χ2v) is 8.44.